The fourth-order valence-corrected chi connectivity index (χ4v) is 2.22. The zero-order valence-corrected chi connectivity index (χ0v) is 12.2. The highest BCUT2D eigenvalue weighted by Gasteiger charge is 2.33. The quantitative estimate of drug-likeness (QED) is 0.846. The third-order valence-electron chi connectivity index (χ3n) is 3.38. The minimum Gasteiger partial charge on any atom is -0.395 e. The molecule has 0 aliphatic heterocycles. The van der Waals surface area contributed by atoms with Gasteiger partial charge in [0.05, 0.1) is 12.2 Å². The van der Waals surface area contributed by atoms with Gasteiger partial charge in [0.15, 0.2) is 0 Å². The first-order valence-corrected chi connectivity index (χ1v) is 7.37. The zero-order valence-electron chi connectivity index (χ0n) is 12.2. The van der Waals surface area contributed by atoms with E-state index in [1.54, 1.807) is 11.0 Å². The Labute approximate surface area is 124 Å². The van der Waals surface area contributed by atoms with E-state index in [1.165, 1.54) is 12.1 Å². The van der Waals surface area contributed by atoms with Gasteiger partial charge in [-0.2, -0.15) is 0 Å². The summed E-state index contributed by atoms with van der Waals surface area (Å²) in [7, 11) is 0. The van der Waals surface area contributed by atoms with Crippen LogP contribution in [-0.4, -0.2) is 35.1 Å². The van der Waals surface area contributed by atoms with Crippen LogP contribution in [0.5, 0.6) is 0 Å². The highest BCUT2D eigenvalue weighted by atomic mass is 19.1. The van der Waals surface area contributed by atoms with Crippen LogP contribution >= 0.6 is 0 Å². The molecule has 1 saturated carbocycles. The van der Waals surface area contributed by atoms with Crippen LogP contribution < -0.4 is 0 Å². The van der Waals surface area contributed by atoms with Gasteiger partial charge in [-0.3, -0.25) is 4.79 Å². The minimum absolute atomic E-state index is 0.0145. The number of halogens is 1. The molecule has 1 aliphatic rings. The first-order valence-electron chi connectivity index (χ1n) is 7.37. The van der Waals surface area contributed by atoms with E-state index in [0.717, 1.165) is 19.3 Å². The van der Waals surface area contributed by atoms with Gasteiger partial charge in [0.2, 0.25) is 0 Å². The molecule has 2 rings (SSSR count). The van der Waals surface area contributed by atoms with Gasteiger partial charge >= 0.3 is 0 Å². The summed E-state index contributed by atoms with van der Waals surface area (Å²) in [6.07, 6.45) is 3.25. The lowest BCUT2D eigenvalue weighted by Crippen LogP contribution is -2.34. The van der Waals surface area contributed by atoms with E-state index in [-0.39, 0.29) is 24.1 Å². The van der Waals surface area contributed by atoms with Gasteiger partial charge in [-0.05, 0) is 37.5 Å². The van der Waals surface area contributed by atoms with Gasteiger partial charge in [-0.1, -0.05) is 18.8 Å². The summed E-state index contributed by atoms with van der Waals surface area (Å²) in [6, 6.07) is 4.72. The van der Waals surface area contributed by atoms with Crippen molar-refractivity contribution in [3.63, 3.8) is 0 Å². The number of benzene rings is 1. The van der Waals surface area contributed by atoms with E-state index < -0.39 is 5.82 Å². The number of hydrogen-bond donors (Lipinski definition) is 1. The Morgan fingerprint density at radius 2 is 2.24 bits per heavy atom. The molecule has 1 amide bonds. The maximum absolute atomic E-state index is 14.1. The molecule has 0 unspecified atom stereocenters. The molecule has 0 radical (unpaired) electrons. The number of carbonyl (C=O) groups is 1. The summed E-state index contributed by atoms with van der Waals surface area (Å²) in [5.41, 5.74) is 0.633. The zero-order chi connectivity index (χ0) is 15.2. The monoisotopic (exact) mass is 289 g/mol. The van der Waals surface area contributed by atoms with Crippen molar-refractivity contribution in [3.05, 3.63) is 35.1 Å². The Balaban J connectivity index is 2.16. The largest absolute Gasteiger partial charge is 0.395 e. The molecule has 1 N–H and O–H groups in total. The van der Waals surface area contributed by atoms with Crippen LogP contribution in [0.2, 0.25) is 0 Å². The van der Waals surface area contributed by atoms with Gasteiger partial charge in [0.25, 0.3) is 5.91 Å². The summed E-state index contributed by atoms with van der Waals surface area (Å²) < 4.78 is 14.1. The Morgan fingerprint density at radius 3 is 2.81 bits per heavy atom. The molecule has 112 valence electrons. The Kier molecular flexibility index (Phi) is 5.35. The molecular weight excluding hydrogens is 269 g/mol. The van der Waals surface area contributed by atoms with Crippen LogP contribution in [0.15, 0.2) is 18.2 Å². The molecule has 1 fully saturated rings. The van der Waals surface area contributed by atoms with E-state index in [1.807, 2.05) is 6.92 Å². The van der Waals surface area contributed by atoms with E-state index in [0.29, 0.717) is 18.5 Å². The molecule has 0 spiro atoms. The van der Waals surface area contributed by atoms with Crippen molar-refractivity contribution in [2.45, 2.75) is 38.6 Å². The normalized spacial score (nSPS) is 13.5. The molecule has 0 aromatic heterocycles. The SMILES string of the molecule is CCCN(C(=O)c1ccc(C#CCCO)cc1F)C1CC1. The highest BCUT2D eigenvalue weighted by molar-refractivity contribution is 5.95. The van der Waals surface area contributed by atoms with E-state index >= 15 is 0 Å². The van der Waals surface area contributed by atoms with Crippen LogP contribution in [0, 0.1) is 17.7 Å². The Hall–Kier alpha value is -1.86. The number of aliphatic hydroxyl groups is 1. The third-order valence-corrected chi connectivity index (χ3v) is 3.38. The molecular formula is C17H20FNO2. The van der Waals surface area contributed by atoms with Crippen molar-refractivity contribution in [1.29, 1.82) is 0 Å². The topological polar surface area (TPSA) is 40.5 Å². The minimum atomic E-state index is -0.530. The summed E-state index contributed by atoms with van der Waals surface area (Å²) in [4.78, 5) is 14.2. The molecule has 21 heavy (non-hydrogen) atoms. The number of nitrogens with zero attached hydrogens (tertiary/aromatic N) is 1. The van der Waals surface area contributed by atoms with Crippen molar-refractivity contribution < 1.29 is 14.3 Å². The van der Waals surface area contributed by atoms with Gasteiger partial charge in [0, 0.05) is 24.6 Å². The summed E-state index contributed by atoms with van der Waals surface area (Å²) in [6.45, 7) is 2.67. The van der Waals surface area contributed by atoms with Crippen molar-refractivity contribution in [1.82, 2.24) is 4.90 Å². The van der Waals surface area contributed by atoms with E-state index in [9.17, 15) is 9.18 Å². The molecule has 0 saturated heterocycles. The highest BCUT2D eigenvalue weighted by Crippen LogP contribution is 2.29. The number of carbonyl (C=O) groups excluding carboxylic acids is 1. The van der Waals surface area contributed by atoms with Crippen molar-refractivity contribution in [3.8, 4) is 11.8 Å². The maximum Gasteiger partial charge on any atom is 0.257 e. The third kappa shape index (κ3) is 4.05. The average Bonchev–Trinajstić information content (AvgIpc) is 3.29. The van der Waals surface area contributed by atoms with Gasteiger partial charge < -0.3 is 10.0 Å². The molecule has 0 bridgehead atoms. The van der Waals surface area contributed by atoms with Crippen LogP contribution in [0.4, 0.5) is 4.39 Å². The van der Waals surface area contributed by atoms with Crippen molar-refractivity contribution in [2.75, 3.05) is 13.2 Å². The lowest BCUT2D eigenvalue weighted by Gasteiger charge is -2.22. The molecule has 1 aromatic carbocycles. The lowest BCUT2D eigenvalue weighted by atomic mass is 10.1. The second kappa shape index (κ2) is 7.24. The molecule has 4 heteroatoms. The summed E-state index contributed by atoms with van der Waals surface area (Å²) in [5, 5.41) is 8.66. The van der Waals surface area contributed by atoms with Gasteiger partial charge in [-0.15, -0.1) is 0 Å². The summed E-state index contributed by atoms with van der Waals surface area (Å²) >= 11 is 0. The molecule has 3 nitrogen and oxygen atoms in total. The summed E-state index contributed by atoms with van der Waals surface area (Å²) in [5.74, 6) is 4.74. The van der Waals surface area contributed by atoms with E-state index in [4.69, 9.17) is 5.11 Å². The average molecular weight is 289 g/mol. The van der Waals surface area contributed by atoms with Crippen LogP contribution in [0.1, 0.15) is 48.5 Å². The smallest absolute Gasteiger partial charge is 0.257 e. The number of aliphatic hydroxyl groups excluding tert-OH is 1. The molecule has 0 atom stereocenters. The maximum atomic E-state index is 14.1. The number of amides is 1. The van der Waals surface area contributed by atoms with Gasteiger partial charge in [0.1, 0.15) is 5.82 Å². The lowest BCUT2D eigenvalue weighted by molar-refractivity contribution is 0.0738. The first kappa shape index (κ1) is 15.5. The fraction of sp³-hybridized carbons (Fsp3) is 0.471. The predicted octanol–water partition coefficient (Wildman–Crippen LogP) is 2.57. The van der Waals surface area contributed by atoms with Crippen LogP contribution in [0.25, 0.3) is 0 Å². The van der Waals surface area contributed by atoms with Crippen LogP contribution in [-0.2, 0) is 0 Å². The number of rotatable bonds is 5. The Morgan fingerprint density at radius 1 is 1.48 bits per heavy atom. The second-order valence-corrected chi connectivity index (χ2v) is 5.20. The van der Waals surface area contributed by atoms with Gasteiger partial charge in [-0.25, -0.2) is 4.39 Å². The van der Waals surface area contributed by atoms with Crippen LogP contribution in [0.3, 0.4) is 0 Å². The van der Waals surface area contributed by atoms with Crippen molar-refractivity contribution >= 4 is 5.91 Å². The first-order chi connectivity index (χ1) is 10.2. The van der Waals surface area contributed by atoms with E-state index in [2.05, 4.69) is 11.8 Å². The molecule has 1 aliphatic carbocycles. The molecule has 0 heterocycles. The number of hydrogen-bond acceptors (Lipinski definition) is 2. The predicted molar refractivity (Wildman–Crippen MR) is 79.3 cm³/mol. The molecule has 1 aromatic rings. The van der Waals surface area contributed by atoms with Crippen molar-refractivity contribution in [2.24, 2.45) is 0 Å². The Bertz CT molecular complexity index is 570. The standard InChI is InChI=1S/C17H20FNO2/c1-2-10-19(14-7-8-14)17(21)15-9-6-13(12-16(15)18)5-3-4-11-20/h6,9,12,14,20H,2,4,7-8,10-11H2,1H3. The fourth-order valence-electron chi connectivity index (χ4n) is 2.22. The second-order valence-electron chi connectivity index (χ2n) is 5.20.